The van der Waals surface area contributed by atoms with E-state index >= 15 is 0 Å². The van der Waals surface area contributed by atoms with Crippen LogP contribution in [0, 0.1) is 5.92 Å². The maximum atomic E-state index is 12.6. The minimum atomic E-state index is -0.920. The molecule has 2 fully saturated rings. The molecule has 0 aromatic carbocycles. The maximum absolute atomic E-state index is 12.6. The van der Waals surface area contributed by atoms with E-state index in [1.165, 1.54) is 4.90 Å². The fourth-order valence-electron chi connectivity index (χ4n) is 2.97. The summed E-state index contributed by atoms with van der Waals surface area (Å²) in [4.78, 5) is 27.1. The SMILES string of the molecule is CCC1CCN(C(=O)N(CCO)C2CC2)C(C(=O)O)C1. The number of urea groups is 1. The highest BCUT2D eigenvalue weighted by Gasteiger charge is 2.41. The van der Waals surface area contributed by atoms with Crippen LogP contribution in [0.15, 0.2) is 0 Å². The Kier molecular flexibility index (Phi) is 4.86. The van der Waals surface area contributed by atoms with E-state index in [9.17, 15) is 14.7 Å². The number of aliphatic carboxylic acids is 1. The number of aliphatic hydroxyl groups excluding tert-OH is 1. The van der Waals surface area contributed by atoms with Crippen molar-refractivity contribution in [2.75, 3.05) is 19.7 Å². The first kappa shape index (κ1) is 15.1. The quantitative estimate of drug-likeness (QED) is 0.793. The van der Waals surface area contributed by atoms with E-state index in [0.29, 0.717) is 25.4 Å². The van der Waals surface area contributed by atoms with E-state index in [2.05, 4.69) is 6.92 Å². The number of nitrogens with zero attached hydrogens (tertiary/aromatic N) is 2. The Hall–Kier alpha value is -1.30. The van der Waals surface area contributed by atoms with Crippen LogP contribution >= 0.6 is 0 Å². The lowest BCUT2D eigenvalue weighted by molar-refractivity contribution is -0.144. The number of piperidine rings is 1. The van der Waals surface area contributed by atoms with Crippen LogP contribution in [-0.2, 0) is 4.79 Å². The van der Waals surface area contributed by atoms with Crippen molar-refractivity contribution in [3.8, 4) is 0 Å². The second kappa shape index (κ2) is 6.43. The molecule has 114 valence electrons. The number of carboxylic acid groups (broad SMARTS) is 1. The van der Waals surface area contributed by atoms with Crippen molar-refractivity contribution in [3.05, 3.63) is 0 Å². The van der Waals surface area contributed by atoms with E-state index in [0.717, 1.165) is 25.7 Å². The maximum Gasteiger partial charge on any atom is 0.326 e. The minimum Gasteiger partial charge on any atom is -0.480 e. The largest absolute Gasteiger partial charge is 0.480 e. The van der Waals surface area contributed by atoms with Crippen LogP contribution in [0.3, 0.4) is 0 Å². The molecular formula is C14H24N2O4. The molecule has 0 aromatic rings. The molecule has 2 atom stereocenters. The van der Waals surface area contributed by atoms with Gasteiger partial charge in [-0.15, -0.1) is 0 Å². The van der Waals surface area contributed by atoms with Crippen LogP contribution in [0.1, 0.15) is 39.0 Å². The molecule has 0 spiro atoms. The van der Waals surface area contributed by atoms with E-state index in [4.69, 9.17) is 5.11 Å². The number of carbonyl (C=O) groups excluding carboxylic acids is 1. The van der Waals surface area contributed by atoms with Crippen molar-refractivity contribution >= 4 is 12.0 Å². The molecule has 1 saturated heterocycles. The van der Waals surface area contributed by atoms with Crippen LogP contribution in [0.25, 0.3) is 0 Å². The van der Waals surface area contributed by atoms with Crippen molar-refractivity contribution in [1.82, 2.24) is 9.80 Å². The number of carboxylic acids is 1. The second-order valence-electron chi connectivity index (χ2n) is 5.78. The van der Waals surface area contributed by atoms with Gasteiger partial charge in [0.2, 0.25) is 0 Å². The van der Waals surface area contributed by atoms with Gasteiger partial charge in [-0.3, -0.25) is 0 Å². The summed E-state index contributed by atoms with van der Waals surface area (Å²) >= 11 is 0. The first-order valence-electron chi connectivity index (χ1n) is 7.49. The molecule has 2 rings (SSSR count). The molecule has 2 unspecified atom stereocenters. The number of aliphatic hydroxyl groups is 1. The van der Waals surface area contributed by atoms with Crippen LogP contribution in [0.4, 0.5) is 4.79 Å². The Bertz CT molecular complexity index is 370. The van der Waals surface area contributed by atoms with Gasteiger partial charge in [0.25, 0.3) is 0 Å². The van der Waals surface area contributed by atoms with Crippen molar-refractivity contribution in [1.29, 1.82) is 0 Å². The third-order valence-corrected chi connectivity index (χ3v) is 4.39. The van der Waals surface area contributed by atoms with E-state index in [1.54, 1.807) is 4.90 Å². The van der Waals surface area contributed by atoms with Gasteiger partial charge >= 0.3 is 12.0 Å². The van der Waals surface area contributed by atoms with Crippen molar-refractivity contribution < 1.29 is 19.8 Å². The topological polar surface area (TPSA) is 81.1 Å². The van der Waals surface area contributed by atoms with Gasteiger partial charge in [-0.05, 0) is 31.6 Å². The van der Waals surface area contributed by atoms with E-state index in [-0.39, 0.29) is 18.7 Å². The van der Waals surface area contributed by atoms with Gasteiger partial charge in [0.15, 0.2) is 0 Å². The molecule has 2 aliphatic rings. The second-order valence-corrected chi connectivity index (χ2v) is 5.78. The van der Waals surface area contributed by atoms with Crippen molar-refractivity contribution in [3.63, 3.8) is 0 Å². The summed E-state index contributed by atoms with van der Waals surface area (Å²) in [5.41, 5.74) is 0. The van der Waals surface area contributed by atoms with Crippen molar-refractivity contribution in [2.24, 2.45) is 5.92 Å². The summed E-state index contributed by atoms with van der Waals surface area (Å²) in [5.74, 6) is -0.538. The third-order valence-electron chi connectivity index (χ3n) is 4.39. The average molecular weight is 284 g/mol. The highest BCUT2D eigenvalue weighted by Crippen LogP contribution is 2.31. The normalized spacial score (nSPS) is 26.4. The molecule has 1 heterocycles. The lowest BCUT2D eigenvalue weighted by atomic mass is 9.89. The van der Waals surface area contributed by atoms with Gasteiger partial charge in [-0.2, -0.15) is 0 Å². The molecule has 2 N–H and O–H groups in total. The van der Waals surface area contributed by atoms with Crippen molar-refractivity contribution in [2.45, 2.75) is 51.1 Å². The zero-order valence-electron chi connectivity index (χ0n) is 12.0. The number of hydrogen-bond acceptors (Lipinski definition) is 3. The predicted molar refractivity (Wildman–Crippen MR) is 73.4 cm³/mol. The molecular weight excluding hydrogens is 260 g/mol. The lowest BCUT2D eigenvalue weighted by Crippen LogP contribution is -2.55. The Morgan fingerprint density at radius 1 is 1.30 bits per heavy atom. The van der Waals surface area contributed by atoms with Gasteiger partial charge in [0.05, 0.1) is 6.61 Å². The predicted octanol–water partition coefficient (Wildman–Crippen LogP) is 1.14. The molecule has 6 nitrogen and oxygen atoms in total. The smallest absolute Gasteiger partial charge is 0.326 e. The number of rotatable bonds is 5. The molecule has 1 aliphatic carbocycles. The van der Waals surface area contributed by atoms with Crippen LogP contribution in [-0.4, -0.2) is 63.8 Å². The molecule has 0 radical (unpaired) electrons. The first-order valence-corrected chi connectivity index (χ1v) is 7.49. The molecule has 6 heteroatoms. The van der Waals surface area contributed by atoms with Crippen LogP contribution in [0.2, 0.25) is 0 Å². The Balaban J connectivity index is 2.07. The zero-order valence-corrected chi connectivity index (χ0v) is 12.0. The standard InChI is InChI=1S/C14H24N2O4/c1-2-10-5-6-16(12(9-10)13(18)19)14(20)15(7-8-17)11-3-4-11/h10-12,17H,2-9H2,1H3,(H,18,19). The van der Waals surface area contributed by atoms with Gasteiger partial charge in [-0.25, -0.2) is 9.59 Å². The van der Waals surface area contributed by atoms with Crippen LogP contribution in [0.5, 0.6) is 0 Å². The highest BCUT2D eigenvalue weighted by molar-refractivity contribution is 5.83. The van der Waals surface area contributed by atoms with E-state index < -0.39 is 12.0 Å². The van der Waals surface area contributed by atoms with Gasteiger partial charge in [-0.1, -0.05) is 13.3 Å². The van der Waals surface area contributed by atoms with Gasteiger partial charge in [0, 0.05) is 19.1 Å². The molecule has 0 bridgehead atoms. The fourth-order valence-corrected chi connectivity index (χ4v) is 2.97. The van der Waals surface area contributed by atoms with Gasteiger partial charge in [0.1, 0.15) is 6.04 Å². The minimum absolute atomic E-state index is 0.0780. The van der Waals surface area contributed by atoms with Gasteiger partial charge < -0.3 is 20.0 Å². The number of likely N-dealkylation sites (tertiary alicyclic amines) is 1. The summed E-state index contributed by atoms with van der Waals surface area (Å²) in [6.07, 6.45) is 4.26. The summed E-state index contributed by atoms with van der Waals surface area (Å²) in [6.45, 7) is 2.78. The summed E-state index contributed by atoms with van der Waals surface area (Å²) < 4.78 is 0. The zero-order chi connectivity index (χ0) is 14.7. The molecule has 1 aliphatic heterocycles. The molecule has 2 amide bonds. The van der Waals surface area contributed by atoms with E-state index in [1.807, 2.05) is 0 Å². The highest BCUT2D eigenvalue weighted by atomic mass is 16.4. The summed E-state index contributed by atoms with van der Waals surface area (Å²) in [7, 11) is 0. The molecule has 20 heavy (non-hydrogen) atoms. The number of hydrogen-bond donors (Lipinski definition) is 2. The third kappa shape index (κ3) is 3.23. The molecule has 0 aromatic heterocycles. The number of amides is 2. The Labute approximate surface area is 119 Å². The monoisotopic (exact) mass is 284 g/mol. The fraction of sp³-hybridized carbons (Fsp3) is 0.857. The summed E-state index contributed by atoms with van der Waals surface area (Å²) in [5, 5.41) is 18.5. The van der Waals surface area contributed by atoms with Crippen LogP contribution < -0.4 is 0 Å². The summed E-state index contributed by atoms with van der Waals surface area (Å²) in [6, 6.07) is -0.752. The average Bonchev–Trinajstić information content (AvgIpc) is 3.27. The first-order chi connectivity index (χ1) is 9.58. The molecule has 1 saturated carbocycles. The number of carbonyl (C=O) groups is 2. The Morgan fingerprint density at radius 3 is 2.50 bits per heavy atom. The Morgan fingerprint density at radius 2 is 2.00 bits per heavy atom. The lowest BCUT2D eigenvalue weighted by Gasteiger charge is -2.39.